The molecule has 2 aliphatic rings. The molecule has 3 atom stereocenters. The van der Waals surface area contributed by atoms with Crippen molar-refractivity contribution in [1.82, 2.24) is 14.7 Å². The molecule has 0 aliphatic carbocycles. The average molecular weight is 675 g/mol. The van der Waals surface area contributed by atoms with Crippen molar-refractivity contribution in [3.8, 4) is 0 Å². The second kappa shape index (κ2) is 14.9. The highest BCUT2D eigenvalue weighted by Crippen LogP contribution is 2.32. The van der Waals surface area contributed by atoms with Gasteiger partial charge in [0.15, 0.2) is 9.84 Å². The Bertz CT molecular complexity index is 1310. The van der Waals surface area contributed by atoms with Crippen molar-refractivity contribution < 1.29 is 31.1 Å². The molecule has 2 aromatic carbocycles. The molecule has 0 N–H and O–H groups in total. The van der Waals surface area contributed by atoms with Gasteiger partial charge in [0.25, 0.3) is 5.91 Å². The average Bonchev–Trinajstić information content (AvgIpc) is 2.87. The minimum atomic E-state index is -4.80. The number of alkyl halides is 3. The highest BCUT2D eigenvalue weighted by Gasteiger charge is 2.36. The molecule has 236 valence electrons. The summed E-state index contributed by atoms with van der Waals surface area (Å²) in [7, 11) is -3.98. The molecule has 1 amide bonds. The normalized spacial score (nSPS) is 22.3. The first-order chi connectivity index (χ1) is 18.7. The van der Waals surface area contributed by atoms with Gasteiger partial charge in [0.05, 0.1) is 22.7 Å². The molecule has 2 heterocycles. The van der Waals surface area contributed by atoms with Crippen LogP contribution >= 0.6 is 36.4 Å². The van der Waals surface area contributed by atoms with Crippen molar-refractivity contribution in [2.45, 2.75) is 49.6 Å². The maximum atomic E-state index is 13.7. The Labute approximate surface area is 263 Å². The van der Waals surface area contributed by atoms with Gasteiger partial charge in [0, 0.05) is 68.7 Å². The Morgan fingerprint density at radius 1 is 0.952 bits per heavy atom. The van der Waals surface area contributed by atoms with Crippen LogP contribution in [-0.4, -0.2) is 99.3 Å². The van der Waals surface area contributed by atoms with E-state index in [4.69, 9.17) is 16.3 Å². The number of carbonyl (C=O) groups is 1. The fourth-order valence-corrected chi connectivity index (χ4v) is 6.28. The molecule has 7 nitrogen and oxygen atoms in total. The van der Waals surface area contributed by atoms with E-state index < -0.39 is 32.4 Å². The number of nitrogens with zero attached hydrogens (tertiary/aromatic N) is 3. The highest BCUT2D eigenvalue weighted by molar-refractivity contribution is 7.90. The van der Waals surface area contributed by atoms with Crippen LogP contribution < -0.4 is 0 Å². The molecule has 0 bridgehead atoms. The lowest BCUT2D eigenvalue weighted by Crippen LogP contribution is -2.57. The van der Waals surface area contributed by atoms with E-state index in [1.807, 2.05) is 12.1 Å². The van der Waals surface area contributed by atoms with Crippen LogP contribution in [0.5, 0.6) is 0 Å². The lowest BCUT2D eigenvalue weighted by atomic mass is 10.00. The van der Waals surface area contributed by atoms with Gasteiger partial charge in [0.1, 0.15) is 0 Å². The molecule has 0 radical (unpaired) electrons. The summed E-state index contributed by atoms with van der Waals surface area (Å²) in [6, 6.07) is 9.27. The monoisotopic (exact) mass is 673 g/mol. The molecule has 42 heavy (non-hydrogen) atoms. The summed E-state index contributed by atoms with van der Waals surface area (Å²) in [5, 5.41) is 0.577. The Morgan fingerprint density at radius 2 is 1.55 bits per heavy atom. The Morgan fingerprint density at radius 3 is 2.12 bits per heavy atom. The molecule has 2 fully saturated rings. The first-order valence-corrected chi connectivity index (χ1v) is 15.5. The summed E-state index contributed by atoms with van der Waals surface area (Å²) >= 11 is 6.05. The topological polar surface area (TPSA) is 70.2 Å². The van der Waals surface area contributed by atoms with E-state index in [-0.39, 0.29) is 48.6 Å². The van der Waals surface area contributed by atoms with Crippen LogP contribution in [0.3, 0.4) is 0 Å². The van der Waals surface area contributed by atoms with E-state index in [9.17, 15) is 26.4 Å². The summed E-state index contributed by atoms with van der Waals surface area (Å²) in [4.78, 5) is 19.4. The van der Waals surface area contributed by atoms with E-state index in [1.54, 1.807) is 17.0 Å². The van der Waals surface area contributed by atoms with Gasteiger partial charge in [-0.1, -0.05) is 23.7 Å². The molecule has 14 heteroatoms. The minimum absolute atomic E-state index is 0. The zero-order valence-corrected chi connectivity index (χ0v) is 26.8. The van der Waals surface area contributed by atoms with Crippen molar-refractivity contribution in [3.05, 3.63) is 64.2 Å². The number of hydrogen-bond acceptors (Lipinski definition) is 6. The van der Waals surface area contributed by atoms with Crippen LogP contribution in [0.1, 0.15) is 35.3 Å². The second-order valence-corrected chi connectivity index (χ2v) is 13.3. The second-order valence-electron chi connectivity index (χ2n) is 10.8. The van der Waals surface area contributed by atoms with Crippen LogP contribution in [0.15, 0.2) is 47.4 Å². The number of morpholine rings is 1. The largest absolute Gasteiger partial charge is 0.416 e. The summed E-state index contributed by atoms with van der Waals surface area (Å²) in [5.41, 5.74) is -0.521. The quantitative estimate of drug-likeness (QED) is 0.408. The first-order valence-electron chi connectivity index (χ1n) is 13.3. The van der Waals surface area contributed by atoms with Gasteiger partial charge >= 0.3 is 6.18 Å². The minimum Gasteiger partial charge on any atom is -0.373 e. The lowest BCUT2D eigenvalue weighted by Gasteiger charge is -2.43. The molecule has 2 aromatic rings. The SMILES string of the molecule is C[C@@H]1CN(CCN2CCN(C(=O)c3cc(C(F)(F)F)cc(S(C)(=O)=O)c3)[C@H](Cc3ccc(Cl)cc3)C2)C[C@H](C)O1.Cl.Cl. The van der Waals surface area contributed by atoms with Crippen molar-refractivity contribution in [1.29, 1.82) is 0 Å². The maximum absolute atomic E-state index is 13.7. The third-order valence-corrected chi connectivity index (χ3v) is 8.69. The summed E-state index contributed by atoms with van der Waals surface area (Å²) in [6.07, 6.45) is -3.19. The first kappa shape index (κ1) is 36.6. The van der Waals surface area contributed by atoms with Gasteiger partial charge < -0.3 is 9.64 Å². The van der Waals surface area contributed by atoms with Crippen molar-refractivity contribution >= 4 is 52.2 Å². The van der Waals surface area contributed by atoms with Crippen LogP contribution in [0.2, 0.25) is 5.02 Å². The molecule has 0 spiro atoms. The van der Waals surface area contributed by atoms with Crippen LogP contribution in [-0.2, 0) is 27.2 Å². The molecule has 2 aliphatic heterocycles. The number of amides is 1. The standard InChI is InChI=1S/C28H35ClF3N3O4S.2ClH/c1-19-16-34(17-20(2)39-19)9-8-33-10-11-35(25(18-33)12-21-4-6-24(29)7-5-21)27(36)22-13-23(28(30,31)32)15-26(14-22)40(3,37)38;;/h4-7,13-15,19-20,25H,8-12,16-18H2,1-3H3;2*1H/t19-,20+,25-;;/m1../s1. The van der Waals surface area contributed by atoms with Gasteiger partial charge in [-0.05, 0) is 56.2 Å². The highest BCUT2D eigenvalue weighted by atomic mass is 35.5. The van der Waals surface area contributed by atoms with Gasteiger partial charge in [-0.15, -0.1) is 24.8 Å². The molecular formula is C28H37Cl3F3N3O4S. The summed E-state index contributed by atoms with van der Waals surface area (Å²) in [6.45, 7) is 8.79. The Kier molecular flexibility index (Phi) is 13.0. The van der Waals surface area contributed by atoms with Gasteiger partial charge in [-0.2, -0.15) is 13.2 Å². The summed E-state index contributed by atoms with van der Waals surface area (Å²) in [5.74, 6) is -0.620. The van der Waals surface area contributed by atoms with Crippen molar-refractivity contribution in [3.63, 3.8) is 0 Å². The summed E-state index contributed by atoms with van der Waals surface area (Å²) < 4.78 is 71.0. The van der Waals surface area contributed by atoms with E-state index in [0.29, 0.717) is 37.1 Å². The fraction of sp³-hybridized carbons (Fsp3) is 0.536. The number of benzene rings is 2. The molecule has 0 unspecified atom stereocenters. The zero-order chi connectivity index (χ0) is 29.2. The van der Waals surface area contributed by atoms with Gasteiger partial charge in [-0.3, -0.25) is 14.6 Å². The molecule has 0 aromatic heterocycles. The fourth-order valence-electron chi connectivity index (χ4n) is 5.47. The van der Waals surface area contributed by atoms with E-state index in [1.165, 1.54) is 0 Å². The lowest BCUT2D eigenvalue weighted by molar-refractivity contribution is -0.137. The van der Waals surface area contributed by atoms with Crippen LogP contribution in [0.25, 0.3) is 0 Å². The number of carbonyl (C=O) groups excluding carboxylic acids is 1. The number of piperazine rings is 1. The number of hydrogen-bond donors (Lipinski definition) is 0. The zero-order valence-electron chi connectivity index (χ0n) is 23.6. The van der Waals surface area contributed by atoms with Gasteiger partial charge in [0.2, 0.25) is 0 Å². The number of halogens is 6. The maximum Gasteiger partial charge on any atom is 0.416 e. The van der Waals surface area contributed by atoms with Crippen LogP contribution in [0.4, 0.5) is 13.2 Å². The Balaban J connectivity index is 0.00000308. The van der Waals surface area contributed by atoms with E-state index >= 15 is 0 Å². The third kappa shape index (κ3) is 9.70. The van der Waals surface area contributed by atoms with E-state index in [0.717, 1.165) is 50.1 Å². The number of sulfone groups is 1. The van der Waals surface area contributed by atoms with Crippen LogP contribution in [0, 0.1) is 0 Å². The third-order valence-electron chi connectivity index (χ3n) is 7.35. The molecule has 4 rings (SSSR count). The number of rotatable bonds is 7. The predicted molar refractivity (Wildman–Crippen MR) is 162 cm³/mol. The smallest absolute Gasteiger partial charge is 0.373 e. The molecular weight excluding hydrogens is 638 g/mol. The molecule has 2 saturated heterocycles. The van der Waals surface area contributed by atoms with Crippen molar-refractivity contribution in [2.75, 3.05) is 52.1 Å². The Hall–Kier alpha value is -1.60. The number of ether oxygens (including phenoxy) is 1. The van der Waals surface area contributed by atoms with Gasteiger partial charge in [-0.25, -0.2) is 8.42 Å². The van der Waals surface area contributed by atoms with E-state index in [2.05, 4.69) is 23.6 Å². The molecule has 0 saturated carbocycles. The van der Waals surface area contributed by atoms with Crippen molar-refractivity contribution in [2.24, 2.45) is 0 Å². The predicted octanol–water partition coefficient (Wildman–Crippen LogP) is 5.08.